The van der Waals surface area contributed by atoms with Crippen LogP contribution in [0.1, 0.15) is 35.9 Å². The minimum Gasteiger partial charge on any atom is -0.469 e. The average molecular weight is 236 g/mol. The highest BCUT2D eigenvalue weighted by Gasteiger charge is 2.23. The summed E-state index contributed by atoms with van der Waals surface area (Å²) in [5.41, 5.74) is 0.644. The third-order valence-electron chi connectivity index (χ3n) is 3.51. The fourth-order valence-corrected chi connectivity index (χ4v) is 2.47. The molecule has 94 valence electrons. The van der Waals surface area contributed by atoms with Crippen molar-refractivity contribution in [1.29, 1.82) is 0 Å². The first-order chi connectivity index (χ1) is 8.22. The molecular weight excluding hydrogens is 216 g/mol. The van der Waals surface area contributed by atoms with Crippen LogP contribution >= 0.6 is 0 Å². The van der Waals surface area contributed by atoms with E-state index in [1.54, 1.807) is 12.3 Å². The first-order valence-electron chi connectivity index (χ1n) is 6.28. The van der Waals surface area contributed by atoms with Crippen molar-refractivity contribution in [2.75, 3.05) is 19.6 Å². The number of likely N-dealkylation sites (N-methyl/N-ethyl adjacent to an activating group) is 1. The number of carbonyl (C=O) groups is 1. The quantitative estimate of drug-likeness (QED) is 0.867. The molecule has 0 radical (unpaired) electrons. The normalized spacial score (nSPS) is 20.7. The van der Waals surface area contributed by atoms with Crippen LogP contribution in [0.4, 0.5) is 0 Å². The Morgan fingerprint density at radius 1 is 1.65 bits per heavy atom. The van der Waals surface area contributed by atoms with E-state index in [0.29, 0.717) is 17.4 Å². The number of furan rings is 1. The molecule has 1 saturated heterocycles. The lowest BCUT2D eigenvalue weighted by molar-refractivity contribution is 0.0940. The van der Waals surface area contributed by atoms with E-state index < -0.39 is 0 Å². The van der Waals surface area contributed by atoms with Crippen LogP contribution in [0.2, 0.25) is 0 Å². The molecule has 1 aliphatic rings. The van der Waals surface area contributed by atoms with Gasteiger partial charge in [0.05, 0.1) is 11.8 Å². The predicted octanol–water partition coefficient (Wildman–Crippen LogP) is 1.80. The average Bonchev–Trinajstić information content (AvgIpc) is 2.94. The fraction of sp³-hybridized carbons (Fsp3) is 0.615. The highest BCUT2D eigenvalue weighted by molar-refractivity contribution is 5.95. The molecule has 1 aliphatic heterocycles. The molecule has 1 fully saturated rings. The summed E-state index contributed by atoms with van der Waals surface area (Å²) in [6.07, 6.45) is 3.97. The summed E-state index contributed by atoms with van der Waals surface area (Å²) in [5.74, 6) is 0.653. The summed E-state index contributed by atoms with van der Waals surface area (Å²) >= 11 is 0. The third kappa shape index (κ3) is 2.69. The molecular formula is C13H20N2O2. The van der Waals surface area contributed by atoms with E-state index in [1.165, 1.54) is 12.8 Å². The molecule has 0 aromatic carbocycles. The van der Waals surface area contributed by atoms with E-state index in [-0.39, 0.29) is 5.91 Å². The van der Waals surface area contributed by atoms with E-state index in [9.17, 15) is 4.79 Å². The minimum absolute atomic E-state index is 0.0285. The van der Waals surface area contributed by atoms with Gasteiger partial charge in [0.2, 0.25) is 0 Å². The maximum Gasteiger partial charge on any atom is 0.254 e. The van der Waals surface area contributed by atoms with Crippen LogP contribution in [0.15, 0.2) is 16.7 Å². The predicted molar refractivity (Wildman–Crippen MR) is 66.0 cm³/mol. The standard InChI is InChI=1S/C13H20N2O2/c1-3-15-7-4-5-11(15)9-14-13(16)12-6-8-17-10(12)2/h6,8,11H,3-5,7,9H2,1-2H3,(H,14,16)/t11-/m0/s1. The molecule has 4 nitrogen and oxygen atoms in total. The first kappa shape index (κ1) is 12.2. The number of aryl methyl sites for hydroxylation is 1. The van der Waals surface area contributed by atoms with Crippen molar-refractivity contribution in [2.24, 2.45) is 0 Å². The van der Waals surface area contributed by atoms with Crippen molar-refractivity contribution < 1.29 is 9.21 Å². The van der Waals surface area contributed by atoms with Crippen LogP contribution in [0.25, 0.3) is 0 Å². The second-order valence-electron chi connectivity index (χ2n) is 4.53. The van der Waals surface area contributed by atoms with Gasteiger partial charge in [0.15, 0.2) is 0 Å². The van der Waals surface area contributed by atoms with Gasteiger partial charge >= 0.3 is 0 Å². The number of nitrogens with one attached hydrogen (secondary N) is 1. The Hall–Kier alpha value is -1.29. The van der Waals surface area contributed by atoms with Gasteiger partial charge in [-0.2, -0.15) is 0 Å². The number of amides is 1. The molecule has 17 heavy (non-hydrogen) atoms. The summed E-state index contributed by atoms with van der Waals surface area (Å²) in [6, 6.07) is 2.22. The molecule has 1 atom stereocenters. The topological polar surface area (TPSA) is 45.5 Å². The van der Waals surface area contributed by atoms with Gasteiger partial charge in [-0.15, -0.1) is 0 Å². The smallest absolute Gasteiger partial charge is 0.254 e. The summed E-state index contributed by atoms with van der Waals surface area (Å²) in [4.78, 5) is 14.3. The Morgan fingerprint density at radius 2 is 2.47 bits per heavy atom. The van der Waals surface area contributed by atoms with Gasteiger partial charge in [-0.3, -0.25) is 9.69 Å². The zero-order valence-electron chi connectivity index (χ0n) is 10.5. The molecule has 2 rings (SSSR count). The summed E-state index contributed by atoms with van der Waals surface area (Å²) in [5, 5.41) is 2.99. The SMILES string of the molecule is CCN1CCC[C@H]1CNC(=O)c1ccoc1C. The van der Waals surface area contributed by atoms with Crippen molar-refractivity contribution >= 4 is 5.91 Å². The number of nitrogens with zero attached hydrogens (tertiary/aromatic N) is 1. The molecule has 2 heterocycles. The van der Waals surface area contributed by atoms with E-state index >= 15 is 0 Å². The van der Waals surface area contributed by atoms with Crippen LogP contribution in [0.5, 0.6) is 0 Å². The largest absolute Gasteiger partial charge is 0.469 e. The Kier molecular flexibility index (Phi) is 3.84. The molecule has 0 saturated carbocycles. The van der Waals surface area contributed by atoms with Gasteiger partial charge in [-0.1, -0.05) is 6.92 Å². The highest BCUT2D eigenvalue weighted by atomic mass is 16.3. The molecule has 1 aromatic heterocycles. The Balaban J connectivity index is 1.86. The summed E-state index contributed by atoms with van der Waals surface area (Å²) < 4.78 is 5.13. The molecule has 0 aliphatic carbocycles. The summed E-state index contributed by atoms with van der Waals surface area (Å²) in [7, 11) is 0. The molecule has 0 spiro atoms. The Bertz CT molecular complexity index is 387. The number of likely N-dealkylation sites (tertiary alicyclic amines) is 1. The van der Waals surface area contributed by atoms with Crippen molar-refractivity contribution in [3.63, 3.8) is 0 Å². The van der Waals surface area contributed by atoms with Crippen LogP contribution in [0, 0.1) is 6.92 Å². The summed E-state index contributed by atoms with van der Waals surface area (Å²) in [6.45, 7) is 6.92. The molecule has 1 N–H and O–H groups in total. The zero-order valence-corrected chi connectivity index (χ0v) is 10.5. The molecule has 1 amide bonds. The van der Waals surface area contributed by atoms with Gasteiger partial charge in [0, 0.05) is 12.6 Å². The van der Waals surface area contributed by atoms with Crippen LogP contribution in [0.3, 0.4) is 0 Å². The lowest BCUT2D eigenvalue weighted by atomic mass is 10.2. The molecule has 1 aromatic rings. The zero-order chi connectivity index (χ0) is 12.3. The van der Waals surface area contributed by atoms with Gasteiger partial charge < -0.3 is 9.73 Å². The van der Waals surface area contributed by atoms with E-state index in [0.717, 1.165) is 19.6 Å². The number of hydrogen-bond donors (Lipinski definition) is 1. The van der Waals surface area contributed by atoms with Crippen molar-refractivity contribution in [2.45, 2.75) is 32.7 Å². The molecule has 0 bridgehead atoms. The number of rotatable bonds is 4. The Labute approximate surface area is 102 Å². The third-order valence-corrected chi connectivity index (χ3v) is 3.51. The van der Waals surface area contributed by atoms with Gasteiger partial charge in [-0.25, -0.2) is 0 Å². The second-order valence-corrected chi connectivity index (χ2v) is 4.53. The lowest BCUT2D eigenvalue weighted by Gasteiger charge is -2.22. The maximum atomic E-state index is 11.9. The van der Waals surface area contributed by atoms with Crippen LogP contribution in [-0.4, -0.2) is 36.5 Å². The first-order valence-corrected chi connectivity index (χ1v) is 6.28. The van der Waals surface area contributed by atoms with Crippen LogP contribution < -0.4 is 5.32 Å². The monoisotopic (exact) mass is 236 g/mol. The van der Waals surface area contributed by atoms with Crippen molar-refractivity contribution in [3.8, 4) is 0 Å². The van der Waals surface area contributed by atoms with Crippen molar-refractivity contribution in [1.82, 2.24) is 10.2 Å². The van der Waals surface area contributed by atoms with Gasteiger partial charge in [-0.05, 0) is 38.9 Å². The van der Waals surface area contributed by atoms with E-state index in [2.05, 4.69) is 17.1 Å². The maximum absolute atomic E-state index is 11.9. The molecule has 4 heteroatoms. The Morgan fingerprint density at radius 3 is 3.12 bits per heavy atom. The fourth-order valence-electron chi connectivity index (χ4n) is 2.47. The van der Waals surface area contributed by atoms with E-state index in [4.69, 9.17) is 4.42 Å². The highest BCUT2D eigenvalue weighted by Crippen LogP contribution is 2.16. The minimum atomic E-state index is -0.0285. The van der Waals surface area contributed by atoms with E-state index in [1.807, 2.05) is 6.92 Å². The van der Waals surface area contributed by atoms with Crippen LogP contribution in [-0.2, 0) is 0 Å². The number of hydrogen-bond acceptors (Lipinski definition) is 3. The number of carbonyl (C=O) groups excluding carboxylic acids is 1. The lowest BCUT2D eigenvalue weighted by Crippen LogP contribution is -2.40. The molecule has 0 unspecified atom stereocenters. The second kappa shape index (κ2) is 5.36. The van der Waals surface area contributed by atoms with Crippen molar-refractivity contribution in [3.05, 3.63) is 23.7 Å². The van der Waals surface area contributed by atoms with Gasteiger partial charge in [0.25, 0.3) is 5.91 Å². The van der Waals surface area contributed by atoms with Gasteiger partial charge in [0.1, 0.15) is 5.76 Å².